The summed E-state index contributed by atoms with van der Waals surface area (Å²) in [6, 6.07) is 0. The summed E-state index contributed by atoms with van der Waals surface area (Å²) in [6.45, 7) is 3.35. The summed E-state index contributed by atoms with van der Waals surface area (Å²) in [5.41, 5.74) is 0. The highest BCUT2D eigenvalue weighted by atomic mass is 35.5. The van der Waals surface area contributed by atoms with Crippen LogP contribution in [0.5, 0.6) is 0 Å². The Morgan fingerprint density at radius 3 is 2.60 bits per heavy atom. The number of hydrogen-bond acceptors (Lipinski definition) is 4. The summed E-state index contributed by atoms with van der Waals surface area (Å²) in [7, 11) is -1.29. The van der Waals surface area contributed by atoms with Gasteiger partial charge in [-0.2, -0.15) is 0 Å². The normalized spacial score (nSPS) is 14.1. The molecule has 0 heterocycles. The van der Waals surface area contributed by atoms with Crippen LogP contribution < -0.4 is 5.32 Å². The molecule has 92 valence electrons. The molecule has 6 heteroatoms. The standard InChI is InChI=1S/C9H20ClNO3S/c1-3-5-15(12,13)6-4-11-7-9(10)8-14-2/h9,11H,3-8H2,1-2H3. The minimum absolute atomic E-state index is 0.108. The third kappa shape index (κ3) is 9.11. The van der Waals surface area contributed by atoms with E-state index in [0.717, 1.165) is 0 Å². The molecule has 1 unspecified atom stereocenters. The van der Waals surface area contributed by atoms with E-state index in [9.17, 15) is 8.42 Å². The lowest BCUT2D eigenvalue weighted by molar-refractivity contribution is 0.197. The molecule has 15 heavy (non-hydrogen) atoms. The van der Waals surface area contributed by atoms with Crippen molar-refractivity contribution in [3.05, 3.63) is 0 Å². The van der Waals surface area contributed by atoms with E-state index in [0.29, 0.717) is 26.1 Å². The zero-order chi connectivity index (χ0) is 11.7. The van der Waals surface area contributed by atoms with Crippen LogP contribution in [0, 0.1) is 0 Å². The lowest BCUT2D eigenvalue weighted by atomic mass is 10.4. The van der Waals surface area contributed by atoms with Gasteiger partial charge >= 0.3 is 0 Å². The first kappa shape index (κ1) is 15.2. The summed E-state index contributed by atoms with van der Waals surface area (Å²) >= 11 is 5.86. The van der Waals surface area contributed by atoms with E-state index in [4.69, 9.17) is 16.3 Å². The molecule has 0 fully saturated rings. The SMILES string of the molecule is CCCS(=O)(=O)CCNCC(Cl)COC. The van der Waals surface area contributed by atoms with Crippen molar-refractivity contribution in [2.45, 2.75) is 18.7 Å². The van der Waals surface area contributed by atoms with Crippen LogP contribution in [0.2, 0.25) is 0 Å². The quantitative estimate of drug-likeness (QED) is 0.487. The molecule has 0 saturated carbocycles. The predicted molar refractivity (Wildman–Crippen MR) is 63.3 cm³/mol. The van der Waals surface area contributed by atoms with Gasteiger partial charge in [0.15, 0.2) is 9.84 Å². The molecule has 1 atom stereocenters. The van der Waals surface area contributed by atoms with E-state index in [1.807, 2.05) is 6.92 Å². The van der Waals surface area contributed by atoms with Crippen LogP contribution in [0.25, 0.3) is 0 Å². The topological polar surface area (TPSA) is 55.4 Å². The van der Waals surface area contributed by atoms with Crippen molar-refractivity contribution in [2.24, 2.45) is 0 Å². The van der Waals surface area contributed by atoms with Crippen molar-refractivity contribution in [1.82, 2.24) is 5.32 Å². The average molecular weight is 258 g/mol. The average Bonchev–Trinajstić information content (AvgIpc) is 2.13. The van der Waals surface area contributed by atoms with Crippen LogP contribution in [0.15, 0.2) is 0 Å². The first-order valence-corrected chi connectivity index (χ1v) is 7.31. The number of methoxy groups -OCH3 is 1. The fourth-order valence-electron chi connectivity index (χ4n) is 1.14. The Morgan fingerprint density at radius 1 is 1.40 bits per heavy atom. The lowest BCUT2D eigenvalue weighted by Gasteiger charge is -2.09. The number of hydrogen-bond donors (Lipinski definition) is 1. The minimum Gasteiger partial charge on any atom is -0.383 e. The summed E-state index contributed by atoms with van der Waals surface area (Å²) < 4.78 is 27.5. The maximum absolute atomic E-state index is 11.3. The van der Waals surface area contributed by atoms with E-state index in [-0.39, 0.29) is 16.9 Å². The Kier molecular flexibility index (Phi) is 8.42. The molecule has 0 aliphatic heterocycles. The second kappa shape index (κ2) is 8.33. The fraction of sp³-hybridized carbons (Fsp3) is 1.00. The van der Waals surface area contributed by atoms with Gasteiger partial charge in [0.2, 0.25) is 0 Å². The molecular formula is C9H20ClNO3S. The number of nitrogens with one attached hydrogen (secondary N) is 1. The highest BCUT2D eigenvalue weighted by molar-refractivity contribution is 7.91. The van der Waals surface area contributed by atoms with E-state index < -0.39 is 9.84 Å². The van der Waals surface area contributed by atoms with E-state index in [2.05, 4.69) is 5.32 Å². The van der Waals surface area contributed by atoms with Crippen LogP contribution in [-0.4, -0.2) is 52.1 Å². The van der Waals surface area contributed by atoms with Crippen LogP contribution in [0.4, 0.5) is 0 Å². The molecule has 0 aromatic heterocycles. The van der Waals surface area contributed by atoms with Crippen molar-refractivity contribution in [3.63, 3.8) is 0 Å². The van der Waals surface area contributed by atoms with Crippen molar-refractivity contribution < 1.29 is 13.2 Å². The predicted octanol–water partition coefficient (Wildman–Crippen LogP) is 0.655. The first-order chi connectivity index (χ1) is 7.02. The number of sulfone groups is 1. The molecule has 0 aliphatic carbocycles. The molecule has 0 aliphatic rings. The monoisotopic (exact) mass is 257 g/mol. The lowest BCUT2D eigenvalue weighted by Crippen LogP contribution is -2.30. The smallest absolute Gasteiger partial charge is 0.151 e. The summed E-state index contributed by atoms with van der Waals surface area (Å²) in [4.78, 5) is 0. The molecule has 0 bridgehead atoms. The van der Waals surface area contributed by atoms with Gasteiger partial charge in [-0.25, -0.2) is 8.42 Å². The molecule has 0 amide bonds. The minimum atomic E-state index is -2.88. The Hall–Kier alpha value is 0.160. The van der Waals surface area contributed by atoms with E-state index >= 15 is 0 Å². The third-order valence-electron chi connectivity index (χ3n) is 1.82. The Bertz CT molecular complexity index is 244. The van der Waals surface area contributed by atoms with Crippen LogP contribution in [0.1, 0.15) is 13.3 Å². The summed E-state index contributed by atoms with van der Waals surface area (Å²) in [5.74, 6) is 0.439. The molecule has 0 rings (SSSR count). The van der Waals surface area contributed by atoms with Crippen LogP contribution in [0.3, 0.4) is 0 Å². The largest absolute Gasteiger partial charge is 0.383 e. The van der Waals surface area contributed by atoms with Crippen LogP contribution >= 0.6 is 11.6 Å². The summed E-state index contributed by atoms with van der Waals surface area (Å²) in [6.07, 6.45) is 0.671. The molecular weight excluding hydrogens is 238 g/mol. The zero-order valence-corrected chi connectivity index (χ0v) is 10.9. The molecule has 0 aromatic carbocycles. The highest BCUT2D eigenvalue weighted by Crippen LogP contribution is 1.95. The Labute approximate surface area is 97.3 Å². The zero-order valence-electron chi connectivity index (χ0n) is 9.33. The van der Waals surface area contributed by atoms with Gasteiger partial charge in [-0.1, -0.05) is 6.92 Å². The van der Waals surface area contributed by atoms with Crippen molar-refractivity contribution >= 4 is 21.4 Å². The van der Waals surface area contributed by atoms with E-state index in [1.165, 1.54) is 0 Å². The van der Waals surface area contributed by atoms with Crippen LogP contribution in [-0.2, 0) is 14.6 Å². The van der Waals surface area contributed by atoms with Gasteiger partial charge < -0.3 is 10.1 Å². The fourth-order valence-corrected chi connectivity index (χ4v) is 2.66. The molecule has 0 aromatic rings. The molecule has 0 saturated heterocycles. The van der Waals surface area contributed by atoms with Gasteiger partial charge in [0.1, 0.15) is 0 Å². The number of ether oxygens (including phenoxy) is 1. The number of rotatable bonds is 9. The van der Waals surface area contributed by atoms with Crippen molar-refractivity contribution in [3.8, 4) is 0 Å². The maximum atomic E-state index is 11.3. The second-order valence-electron chi connectivity index (χ2n) is 3.41. The van der Waals surface area contributed by atoms with Gasteiger partial charge in [0.25, 0.3) is 0 Å². The first-order valence-electron chi connectivity index (χ1n) is 5.06. The van der Waals surface area contributed by atoms with Gasteiger partial charge in [0.05, 0.1) is 17.7 Å². The van der Waals surface area contributed by atoms with Crippen molar-refractivity contribution in [2.75, 3.05) is 38.3 Å². The van der Waals surface area contributed by atoms with E-state index in [1.54, 1.807) is 7.11 Å². The number of alkyl halides is 1. The number of halogens is 1. The maximum Gasteiger partial charge on any atom is 0.151 e. The molecule has 0 spiro atoms. The Balaban J connectivity index is 3.54. The molecule has 4 nitrogen and oxygen atoms in total. The second-order valence-corrected chi connectivity index (χ2v) is 6.33. The van der Waals surface area contributed by atoms with Gasteiger partial charge in [-0.3, -0.25) is 0 Å². The van der Waals surface area contributed by atoms with Gasteiger partial charge in [-0.05, 0) is 6.42 Å². The molecule has 0 radical (unpaired) electrons. The Morgan fingerprint density at radius 2 is 2.07 bits per heavy atom. The van der Waals surface area contributed by atoms with Gasteiger partial charge in [0, 0.05) is 26.0 Å². The molecule has 1 N–H and O–H groups in total. The highest BCUT2D eigenvalue weighted by Gasteiger charge is 2.09. The van der Waals surface area contributed by atoms with Gasteiger partial charge in [-0.15, -0.1) is 11.6 Å². The summed E-state index contributed by atoms with van der Waals surface area (Å²) in [5, 5.41) is 2.89. The third-order valence-corrected chi connectivity index (χ3v) is 3.95. The van der Waals surface area contributed by atoms with Crippen molar-refractivity contribution in [1.29, 1.82) is 0 Å².